The van der Waals surface area contributed by atoms with Gasteiger partial charge in [0.2, 0.25) is 0 Å². The van der Waals surface area contributed by atoms with Crippen molar-refractivity contribution in [3.63, 3.8) is 0 Å². The van der Waals surface area contributed by atoms with Crippen LogP contribution in [0.4, 0.5) is 5.69 Å². The van der Waals surface area contributed by atoms with Crippen molar-refractivity contribution in [2.45, 2.75) is 25.4 Å². The van der Waals surface area contributed by atoms with Gasteiger partial charge in [-0.2, -0.15) is 5.26 Å². The Bertz CT molecular complexity index is 922. The molecule has 0 aliphatic carbocycles. The molecule has 1 saturated heterocycles. The average Bonchev–Trinajstić information content (AvgIpc) is 2.72. The summed E-state index contributed by atoms with van der Waals surface area (Å²) in [6, 6.07) is 3.69. The third-order valence-corrected chi connectivity index (χ3v) is 4.34. The zero-order valence-electron chi connectivity index (χ0n) is 15.7. The molecule has 1 aromatic rings. The highest BCUT2D eigenvalue weighted by molar-refractivity contribution is 6.24. The highest BCUT2D eigenvalue weighted by atomic mass is 16.5. The second-order valence-electron chi connectivity index (χ2n) is 6.51. The summed E-state index contributed by atoms with van der Waals surface area (Å²) in [5.41, 5.74) is 6.54. The summed E-state index contributed by atoms with van der Waals surface area (Å²) >= 11 is 0. The SMILES string of the molecule is N#CCC1=CN/C(=C(\C(=N)N)C(=O)Nc2cnccc2OC2CCCNC2)N=C1. The Balaban J connectivity index is 1.78. The van der Waals surface area contributed by atoms with Gasteiger partial charge in [0.1, 0.15) is 34.8 Å². The van der Waals surface area contributed by atoms with Crippen LogP contribution in [0.5, 0.6) is 5.75 Å². The van der Waals surface area contributed by atoms with Gasteiger partial charge in [0.05, 0.1) is 18.7 Å². The van der Waals surface area contributed by atoms with Crippen LogP contribution in [0.15, 0.2) is 46.6 Å². The predicted molar refractivity (Wildman–Crippen MR) is 108 cm³/mol. The van der Waals surface area contributed by atoms with E-state index in [9.17, 15) is 4.79 Å². The summed E-state index contributed by atoms with van der Waals surface area (Å²) in [6.07, 6.45) is 8.19. The fraction of sp³-hybridized carbons (Fsp3) is 0.316. The zero-order valence-corrected chi connectivity index (χ0v) is 15.7. The molecule has 2 aliphatic heterocycles. The second-order valence-corrected chi connectivity index (χ2v) is 6.51. The number of anilines is 1. The van der Waals surface area contributed by atoms with Crippen molar-refractivity contribution in [1.82, 2.24) is 15.6 Å². The van der Waals surface area contributed by atoms with Crippen LogP contribution in [-0.2, 0) is 4.79 Å². The summed E-state index contributed by atoms with van der Waals surface area (Å²) in [5.74, 6) is -0.443. The Morgan fingerprint density at radius 3 is 3.03 bits per heavy atom. The van der Waals surface area contributed by atoms with Gasteiger partial charge in [0.15, 0.2) is 0 Å². The molecule has 0 aromatic carbocycles. The lowest BCUT2D eigenvalue weighted by atomic mass is 10.1. The molecular weight excluding hydrogens is 372 g/mol. The molecule has 6 N–H and O–H groups in total. The number of ether oxygens (including phenoxy) is 1. The van der Waals surface area contributed by atoms with Gasteiger partial charge in [-0.1, -0.05) is 0 Å². The molecule has 2 aliphatic rings. The zero-order chi connectivity index (χ0) is 20.6. The number of carbonyl (C=O) groups excluding carboxylic acids is 1. The van der Waals surface area contributed by atoms with E-state index in [0.717, 1.165) is 25.9 Å². The van der Waals surface area contributed by atoms with E-state index in [1.54, 1.807) is 18.5 Å². The van der Waals surface area contributed by atoms with Gasteiger partial charge in [-0.15, -0.1) is 0 Å². The average molecular weight is 394 g/mol. The largest absolute Gasteiger partial charge is 0.487 e. The molecule has 3 heterocycles. The number of nitrogens with one attached hydrogen (secondary N) is 4. The number of nitrogens with zero attached hydrogens (tertiary/aromatic N) is 3. The summed E-state index contributed by atoms with van der Waals surface area (Å²) < 4.78 is 6.01. The Morgan fingerprint density at radius 2 is 2.38 bits per heavy atom. The Labute approximate surface area is 168 Å². The number of amides is 1. The van der Waals surface area contributed by atoms with E-state index in [0.29, 0.717) is 17.0 Å². The summed E-state index contributed by atoms with van der Waals surface area (Å²) in [4.78, 5) is 21.0. The molecule has 1 fully saturated rings. The van der Waals surface area contributed by atoms with Crippen molar-refractivity contribution >= 4 is 23.6 Å². The van der Waals surface area contributed by atoms with Crippen LogP contribution >= 0.6 is 0 Å². The predicted octanol–water partition coefficient (Wildman–Crippen LogP) is 0.770. The monoisotopic (exact) mass is 394 g/mol. The van der Waals surface area contributed by atoms with Crippen LogP contribution in [0.1, 0.15) is 19.3 Å². The number of hydrogen-bond acceptors (Lipinski definition) is 8. The van der Waals surface area contributed by atoms with Crippen molar-refractivity contribution in [3.8, 4) is 11.8 Å². The van der Waals surface area contributed by atoms with Crippen molar-refractivity contribution in [3.05, 3.63) is 41.6 Å². The number of piperidine rings is 1. The van der Waals surface area contributed by atoms with Gasteiger partial charge in [-0.05, 0) is 19.4 Å². The number of aliphatic imine (C=N–C) groups is 1. The minimum atomic E-state index is -0.617. The number of aromatic nitrogens is 1. The molecule has 1 unspecified atom stereocenters. The third kappa shape index (κ3) is 5.18. The molecule has 1 amide bonds. The molecular formula is C19H22N8O2. The number of carbonyl (C=O) groups is 1. The van der Waals surface area contributed by atoms with Crippen molar-refractivity contribution in [2.75, 3.05) is 18.4 Å². The number of hydrogen-bond donors (Lipinski definition) is 5. The molecule has 0 radical (unpaired) electrons. The number of amidine groups is 1. The van der Waals surface area contributed by atoms with Crippen molar-refractivity contribution in [2.24, 2.45) is 10.7 Å². The first kappa shape index (κ1) is 20.0. The van der Waals surface area contributed by atoms with Crippen LogP contribution < -0.4 is 26.4 Å². The maximum Gasteiger partial charge on any atom is 0.263 e. The normalized spacial score (nSPS) is 20.0. The fourth-order valence-electron chi connectivity index (χ4n) is 2.93. The molecule has 0 bridgehead atoms. The maximum atomic E-state index is 12.8. The van der Waals surface area contributed by atoms with Gasteiger partial charge >= 0.3 is 0 Å². The molecule has 3 rings (SSSR count). The molecule has 0 saturated carbocycles. The van der Waals surface area contributed by atoms with Gasteiger partial charge in [-0.25, -0.2) is 4.99 Å². The topological polar surface area (TPSA) is 161 Å². The van der Waals surface area contributed by atoms with E-state index >= 15 is 0 Å². The molecule has 29 heavy (non-hydrogen) atoms. The smallest absolute Gasteiger partial charge is 0.263 e. The Morgan fingerprint density at radius 1 is 1.52 bits per heavy atom. The molecule has 10 nitrogen and oxygen atoms in total. The Hall–Kier alpha value is -3.71. The molecule has 0 spiro atoms. The number of allylic oxidation sites excluding steroid dienone is 1. The molecule has 1 aromatic heterocycles. The standard InChI is InChI=1S/C19H22N8O2/c20-5-3-12-8-25-18(26-9-12)16(17(21)22)19(28)27-14-11-24-7-4-15(14)29-13-2-1-6-23-10-13/h4,7-9,11,13,23,25H,1-3,6,10H2,(H3,21,22)(H,27,28)/b18-16-. The van der Waals surface area contributed by atoms with E-state index in [1.807, 2.05) is 6.07 Å². The lowest BCUT2D eigenvalue weighted by molar-refractivity contribution is -0.112. The number of pyridine rings is 1. The minimum absolute atomic E-state index is 0.000683. The first-order valence-corrected chi connectivity index (χ1v) is 9.16. The van der Waals surface area contributed by atoms with Crippen molar-refractivity contribution in [1.29, 1.82) is 10.7 Å². The highest BCUT2D eigenvalue weighted by Gasteiger charge is 2.22. The minimum Gasteiger partial charge on any atom is -0.487 e. The van der Waals surface area contributed by atoms with E-state index in [-0.39, 0.29) is 23.9 Å². The van der Waals surface area contributed by atoms with E-state index < -0.39 is 11.7 Å². The number of rotatable bonds is 6. The summed E-state index contributed by atoms with van der Waals surface area (Å²) in [7, 11) is 0. The third-order valence-electron chi connectivity index (χ3n) is 4.34. The lowest BCUT2D eigenvalue weighted by Crippen LogP contribution is -2.37. The van der Waals surface area contributed by atoms with Crippen LogP contribution in [0.3, 0.4) is 0 Å². The van der Waals surface area contributed by atoms with E-state index in [4.69, 9.17) is 21.1 Å². The second kappa shape index (κ2) is 9.48. The van der Waals surface area contributed by atoms with Crippen LogP contribution in [0, 0.1) is 16.7 Å². The number of nitriles is 1. The van der Waals surface area contributed by atoms with Crippen LogP contribution in [-0.4, -0.2) is 42.1 Å². The molecule has 1 atom stereocenters. The van der Waals surface area contributed by atoms with Gasteiger partial charge in [0, 0.05) is 36.8 Å². The van der Waals surface area contributed by atoms with Gasteiger partial charge in [-0.3, -0.25) is 15.2 Å². The van der Waals surface area contributed by atoms with Crippen LogP contribution in [0.25, 0.3) is 0 Å². The van der Waals surface area contributed by atoms with Gasteiger partial charge < -0.3 is 26.4 Å². The van der Waals surface area contributed by atoms with Crippen molar-refractivity contribution < 1.29 is 9.53 Å². The molecule has 150 valence electrons. The lowest BCUT2D eigenvalue weighted by Gasteiger charge is -2.25. The van der Waals surface area contributed by atoms with Crippen LogP contribution in [0.2, 0.25) is 0 Å². The maximum absolute atomic E-state index is 12.8. The summed E-state index contributed by atoms with van der Waals surface area (Å²) in [6.45, 7) is 1.70. The van der Waals surface area contributed by atoms with Gasteiger partial charge in [0.25, 0.3) is 5.91 Å². The highest BCUT2D eigenvalue weighted by Crippen LogP contribution is 2.26. The first-order chi connectivity index (χ1) is 14.1. The van der Waals surface area contributed by atoms with E-state index in [2.05, 4.69) is 25.9 Å². The summed E-state index contributed by atoms with van der Waals surface area (Å²) in [5, 5.41) is 25.3. The quantitative estimate of drug-likeness (QED) is 0.270. The Kier molecular flexibility index (Phi) is 6.55. The fourth-order valence-corrected chi connectivity index (χ4v) is 2.93. The number of nitrogens with two attached hydrogens (primary N) is 1. The first-order valence-electron chi connectivity index (χ1n) is 9.16. The molecule has 10 heteroatoms. The van der Waals surface area contributed by atoms with E-state index in [1.165, 1.54) is 12.4 Å².